The monoisotopic (exact) mass is 249 g/mol. The molecule has 17 heavy (non-hydrogen) atoms. The summed E-state index contributed by atoms with van der Waals surface area (Å²) in [4.78, 5) is 0. The van der Waals surface area contributed by atoms with Gasteiger partial charge in [0.15, 0.2) is 0 Å². The molecule has 1 aromatic carbocycles. The van der Waals surface area contributed by atoms with Gasteiger partial charge in [-0.15, -0.1) is 0 Å². The van der Waals surface area contributed by atoms with Crippen LogP contribution in [0.4, 0.5) is 0 Å². The Bertz CT molecular complexity index is 454. The Kier molecular flexibility index (Phi) is 4.83. The van der Waals surface area contributed by atoms with E-state index in [-0.39, 0.29) is 0 Å². The fraction of sp³-hybridized carbons (Fsp3) is 0.333. The largest absolute Gasteiger partial charge is 0.389 e. The standard InChI is InChI=1S/C15H20ClN/c1-5-11-8-12(6-2)14(9-15(16)17)10(4)13(11)7-3/h6,8-9H,2,5,7,17H2,1,3-4H3/b15-9-. The Morgan fingerprint density at radius 2 is 2.06 bits per heavy atom. The number of rotatable bonds is 4. The summed E-state index contributed by atoms with van der Waals surface area (Å²) in [7, 11) is 0. The molecule has 0 saturated heterocycles. The number of hydrogen-bond acceptors (Lipinski definition) is 1. The van der Waals surface area contributed by atoms with E-state index < -0.39 is 0 Å². The molecule has 0 radical (unpaired) electrons. The van der Waals surface area contributed by atoms with Crippen molar-refractivity contribution in [3.63, 3.8) is 0 Å². The molecule has 0 fully saturated rings. The van der Waals surface area contributed by atoms with E-state index in [0.29, 0.717) is 5.16 Å². The first-order valence-corrected chi connectivity index (χ1v) is 6.33. The van der Waals surface area contributed by atoms with E-state index in [4.69, 9.17) is 17.3 Å². The van der Waals surface area contributed by atoms with Gasteiger partial charge in [-0.05, 0) is 53.7 Å². The molecule has 1 aromatic rings. The molecule has 0 amide bonds. The third-order valence-electron chi connectivity index (χ3n) is 3.12. The number of nitrogens with two attached hydrogens (primary N) is 1. The van der Waals surface area contributed by atoms with Gasteiger partial charge in [0.1, 0.15) is 0 Å². The van der Waals surface area contributed by atoms with Gasteiger partial charge in [0, 0.05) is 0 Å². The molecule has 0 aliphatic rings. The highest BCUT2D eigenvalue weighted by atomic mass is 35.5. The normalized spacial score (nSPS) is 11.6. The van der Waals surface area contributed by atoms with Crippen molar-refractivity contribution >= 4 is 23.8 Å². The highest BCUT2D eigenvalue weighted by Gasteiger charge is 2.10. The van der Waals surface area contributed by atoms with Crippen LogP contribution in [0.15, 0.2) is 17.8 Å². The van der Waals surface area contributed by atoms with Crippen molar-refractivity contribution in [3.05, 3.63) is 45.6 Å². The van der Waals surface area contributed by atoms with Crippen LogP contribution in [-0.2, 0) is 12.8 Å². The van der Waals surface area contributed by atoms with Gasteiger partial charge in [0.25, 0.3) is 0 Å². The van der Waals surface area contributed by atoms with Gasteiger partial charge in [-0.2, -0.15) is 0 Å². The third-order valence-corrected chi connectivity index (χ3v) is 3.23. The van der Waals surface area contributed by atoms with Gasteiger partial charge in [-0.3, -0.25) is 0 Å². The van der Waals surface area contributed by atoms with Crippen molar-refractivity contribution in [2.45, 2.75) is 33.6 Å². The van der Waals surface area contributed by atoms with Gasteiger partial charge in [0.05, 0.1) is 5.16 Å². The van der Waals surface area contributed by atoms with E-state index in [9.17, 15) is 0 Å². The zero-order chi connectivity index (χ0) is 13.0. The van der Waals surface area contributed by atoms with Crippen molar-refractivity contribution in [2.24, 2.45) is 5.73 Å². The molecular weight excluding hydrogens is 230 g/mol. The third kappa shape index (κ3) is 2.92. The molecule has 2 heteroatoms. The van der Waals surface area contributed by atoms with E-state index in [1.54, 1.807) is 0 Å². The molecule has 0 heterocycles. The predicted octanol–water partition coefficient (Wildman–Crippen LogP) is 4.26. The van der Waals surface area contributed by atoms with Crippen LogP contribution in [0.25, 0.3) is 12.2 Å². The fourth-order valence-electron chi connectivity index (χ4n) is 2.28. The number of hydrogen-bond donors (Lipinski definition) is 1. The van der Waals surface area contributed by atoms with Gasteiger partial charge in [0.2, 0.25) is 0 Å². The summed E-state index contributed by atoms with van der Waals surface area (Å²) in [6.45, 7) is 10.3. The Hall–Kier alpha value is -1.21. The Labute approximate surface area is 109 Å². The highest BCUT2D eigenvalue weighted by molar-refractivity contribution is 6.31. The van der Waals surface area contributed by atoms with Crippen LogP contribution in [0.2, 0.25) is 0 Å². The second-order valence-corrected chi connectivity index (χ2v) is 4.52. The topological polar surface area (TPSA) is 26.0 Å². The molecule has 0 aliphatic carbocycles. The molecule has 0 bridgehead atoms. The zero-order valence-corrected chi connectivity index (χ0v) is 11.6. The first-order chi connectivity index (χ1) is 8.04. The lowest BCUT2D eigenvalue weighted by atomic mass is 9.90. The van der Waals surface area contributed by atoms with Crippen LogP contribution in [0, 0.1) is 6.92 Å². The van der Waals surface area contributed by atoms with Crippen LogP contribution in [0.5, 0.6) is 0 Å². The maximum atomic E-state index is 5.79. The Balaban J connectivity index is 3.58. The molecule has 2 N–H and O–H groups in total. The highest BCUT2D eigenvalue weighted by Crippen LogP contribution is 2.27. The SMILES string of the molecule is C=Cc1cc(CC)c(CC)c(C)c1/C=C(\N)Cl. The minimum Gasteiger partial charge on any atom is -0.389 e. The lowest BCUT2D eigenvalue weighted by molar-refractivity contribution is 1.01. The Morgan fingerprint density at radius 1 is 1.41 bits per heavy atom. The first-order valence-electron chi connectivity index (χ1n) is 5.95. The molecule has 92 valence electrons. The molecule has 0 unspecified atom stereocenters. The second kappa shape index (κ2) is 5.92. The summed E-state index contributed by atoms with van der Waals surface area (Å²) >= 11 is 5.79. The summed E-state index contributed by atoms with van der Waals surface area (Å²) < 4.78 is 0. The number of aryl methyl sites for hydroxylation is 1. The number of halogens is 1. The van der Waals surface area contributed by atoms with E-state index >= 15 is 0 Å². The van der Waals surface area contributed by atoms with Gasteiger partial charge >= 0.3 is 0 Å². The summed E-state index contributed by atoms with van der Waals surface area (Å²) in [5, 5.41) is 0.308. The molecule has 0 aliphatic heterocycles. The summed E-state index contributed by atoms with van der Waals surface area (Å²) in [5.74, 6) is 0. The van der Waals surface area contributed by atoms with E-state index in [1.807, 2.05) is 12.2 Å². The molecule has 1 rings (SSSR count). The van der Waals surface area contributed by atoms with E-state index in [1.165, 1.54) is 16.7 Å². The molecule has 1 nitrogen and oxygen atoms in total. The van der Waals surface area contributed by atoms with Gasteiger partial charge in [-0.1, -0.05) is 44.2 Å². The van der Waals surface area contributed by atoms with Crippen LogP contribution in [-0.4, -0.2) is 0 Å². The smallest absolute Gasteiger partial charge is 0.0998 e. The van der Waals surface area contributed by atoms with Crippen LogP contribution in [0.1, 0.15) is 41.7 Å². The first kappa shape index (κ1) is 13.9. The van der Waals surface area contributed by atoms with Crippen LogP contribution >= 0.6 is 11.6 Å². The quantitative estimate of drug-likeness (QED) is 0.793. The van der Waals surface area contributed by atoms with E-state index in [0.717, 1.165) is 24.0 Å². The van der Waals surface area contributed by atoms with Crippen molar-refractivity contribution in [2.75, 3.05) is 0 Å². The van der Waals surface area contributed by atoms with Crippen LogP contribution < -0.4 is 5.73 Å². The lowest BCUT2D eigenvalue weighted by Gasteiger charge is -2.16. The van der Waals surface area contributed by atoms with Crippen LogP contribution in [0.3, 0.4) is 0 Å². The average molecular weight is 250 g/mol. The number of benzene rings is 1. The predicted molar refractivity (Wildman–Crippen MR) is 78.0 cm³/mol. The minimum absolute atomic E-state index is 0.308. The van der Waals surface area contributed by atoms with Crippen molar-refractivity contribution in [1.29, 1.82) is 0 Å². The maximum absolute atomic E-state index is 5.79. The lowest BCUT2D eigenvalue weighted by Crippen LogP contribution is -2.01. The molecule has 0 spiro atoms. The Morgan fingerprint density at radius 3 is 2.47 bits per heavy atom. The van der Waals surface area contributed by atoms with Gasteiger partial charge < -0.3 is 5.73 Å². The fourth-order valence-corrected chi connectivity index (χ4v) is 2.39. The van der Waals surface area contributed by atoms with Crippen molar-refractivity contribution < 1.29 is 0 Å². The average Bonchev–Trinajstić information content (AvgIpc) is 2.30. The minimum atomic E-state index is 0.308. The molecule has 0 aromatic heterocycles. The van der Waals surface area contributed by atoms with Crippen molar-refractivity contribution in [3.8, 4) is 0 Å². The van der Waals surface area contributed by atoms with Gasteiger partial charge in [-0.25, -0.2) is 0 Å². The zero-order valence-electron chi connectivity index (χ0n) is 10.8. The molecule has 0 atom stereocenters. The van der Waals surface area contributed by atoms with E-state index in [2.05, 4.69) is 33.4 Å². The van der Waals surface area contributed by atoms with Crippen molar-refractivity contribution in [1.82, 2.24) is 0 Å². The second-order valence-electron chi connectivity index (χ2n) is 4.08. The summed E-state index contributed by atoms with van der Waals surface area (Å²) in [6.07, 6.45) is 5.73. The summed E-state index contributed by atoms with van der Waals surface area (Å²) in [6, 6.07) is 2.19. The molecule has 0 saturated carbocycles. The summed E-state index contributed by atoms with van der Waals surface area (Å²) in [5.41, 5.74) is 11.8. The maximum Gasteiger partial charge on any atom is 0.0998 e. The molecular formula is C15H20ClN.